The highest BCUT2D eigenvalue weighted by Gasteiger charge is 2.56. The summed E-state index contributed by atoms with van der Waals surface area (Å²) in [7, 11) is 3.23. The Hall–Kier alpha value is -1.29. The van der Waals surface area contributed by atoms with Gasteiger partial charge in [0.2, 0.25) is 0 Å². The van der Waals surface area contributed by atoms with Gasteiger partial charge < -0.3 is 15.0 Å². The summed E-state index contributed by atoms with van der Waals surface area (Å²) in [6, 6.07) is 2.06. The van der Waals surface area contributed by atoms with E-state index in [1.54, 1.807) is 4.57 Å². The number of hydrogen-bond donors (Lipinski definition) is 1. The van der Waals surface area contributed by atoms with Crippen molar-refractivity contribution in [2.24, 2.45) is 18.2 Å². The topological polar surface area (TPSA) is 57.2 Å². The van der Waals surface area contributed by atoms with Crippen molar-refractivity contribution >= 4 is 5.97 Å². The molecule has 4 nitrogen and oxygen atoms in total. The molecule has 2 atom stereocenters. The maximum Gasteiger partial charge on any atom is 0.354 e. The third-order valence-electron chi connectivity index (χ3n) is 3.69. The number of aromatic nitrogens is 1. The van der Waals surface area contributed by atoms with Gasteiger partial charge in [0.25, 0.3) is 0 Å². The van der Waals surface area contributed by atoms with E-state index in [0.29, 0.717) is 11.6 Å². The SMILES string of the molecule is COC(=O)c1cc([C@@H]2[C@@H](N)C2(C)C)cn1C. The lowest BCUT2D eigenvalue weighted by molar-refractivity contribution is 0.0590. The molecule has 4 heteroatoms. The van der Waals surface area contributed by atoms with Crippen molar-refractivity contribution in [1.82, 2.24) is 4.57 Å². The quantitative estimate of drug-likeness (QED) is 0.766. The molecule has 1 aromatic heterocycles. The highest BCUT2D eigenvalue weighted by atomic mass is 16.5. The molecule has 16 heavy (non-hydrogen) atoms. The maximum absolute atomic E-state index is 11.5. The summed E-state index contributed by atoms with van der Waals surface area (Å²) in [6.45, 7) is 4.29. The van der Waals surface area contributed by atoms with Crippen LogP contribution in [0.1, 0.15) is 35.8 Å². The van der Waals surface area contributed by atoms with E-state index in [4.69, 9.17) is 10.5 Å². The first-order chi connectivity index (χ1) is 7.39. The van der Waals surface area contributed by atoms with Gasteiger partial charge in [0.15, 0.2) is 0 Å². The van der Waals surface area contributed by atoms with Crippen LogP contribution in [0, 0.1) is 5.41 Å². The number of nitrogens with zero attached hydrogens (tertiary/aromatic N) is 1. The molecule has 1 saturated carbocycles. The number of esters is 1. The highest BCUT2D eigenvalue weighted by molar-refractivity contribution is 5.88. The number of methoxy groups -OCH3 is 1. The summed E-state index contributed by atoms with van der Waals surface area (Å²) in [6.07, 6.45) is 1.96. The van der Waals surface area contributed by atoms with Crippen molar-refractivity contribution in [1.29, 1.82) is 0 Å². The molecule has 2 rings (SSSR count). The van der Waals surface area contributed by atoms with Gasteiger partial charge >= 0.3 is 5.97 Å². The lowest BCUT2D eigenvalue weighted by atomic mass is 10.1. The van der Waals surface area contributed by atoms with Crippen LogP contribution in [0.5, 0.6) is 0 Å². The van der Waals surface area contributed by atoms with Crippen LogP contribution in [0.3, 0.4) is 0 Å². The Bertz CT molecular complexity index is 434. The summed E-state index contributed by atoms with van der Waals surface area (Å²) in [5.74, 6) is 0.0397. The first-order valence-corrected chi connectivity index (χ1v) is 5.39. The van der Waals surface area contributed by atoms with Crippen LogP contribution in [0.2, 0.25) is 0 Å². The molecule has 2 N–H and O–H groups in total. The fourth-order valence-electron chi connectivity index (χ4n) is 2.38. The van der Waals surface area contributed by atoms with Crippen LogP contribution in [-0.2, 0) is 11.8 Å². The Labute approximate surface area is 95.4 Å². The Morgan fingerprint density at radius 3 is 2.56 bits per heavy atom. The van der Waals surface area contributed by atoms with Gasteiger partial charge in [0.1, 0.15) is 5.69 Å². The molecule has 0 spiro atoms. The zero-order valence-corrected chi connectivity index (χ0v) is 10.2. The van der Waals surface area contributed by atoms with E-state index in [9.17, 15) is 4.79 Å². The normalized spacial score (nSPS) is 26.6. The molecule has 1 fully saturated rings. The molecular weight excluding hydrogens is 204 g/mol. The Kier molecular flexibility index (Phi) is 2.35. The van der Waals surface area contributed by atoms with Gasteiger partial charge in [0.05, 0.1) is 7.11 Å². The van der Waals surface area contributed by atoms with Gasteiger partial charge in [-0.1, -0.05) is 13.8 Å². The number of hydrogen-bond acceptors (Lipinski definition) is 3. The fraction of sp³-hybridized carbons (Fsp3) is 0.583. The first kappa shape index (κ1) is 11.2. The van der Waals surface area contributed by atoms with Crippen LogP contribution in [0.4, 0.5) is 0 Å². The molecular formula is C12H18N2O2. The van der Waals surface area contributed by atoms with Crippen LogP contribution in [0.25, 0.3) is 0 Å². The second-order valence-corrected chi connectivity index (χ2v) is 5.09. The Balaban J connectivity index is 2.30. The van der Waals surface area contributed by atoms with E-state index in [1.165, 1.54) is 7.11 Å². The lowest BCUT2D eigenvalue weighted by Gasteiger charge is -1.98. The molecule has 1 aliphatic rings. The zero-order chi connectivity index (χ0) is 12.1. The number of rotatable bonds is 2. The number of carbonyl (C=O) groups is 1. The summed E-state index contributed by atoms with van der Waals surface area (Å²) < 4.78 is 6.51. The van der Waals surface area contributed by atoms with E-state index in [0.717, 1.165) is 5.56 Å². The molecule has 1 aromatic rings. The minimum Gasteiger partial charge on any atom is -0.464 e. The van der Waals surface area contributed by atoms with Crippen LogP contribution in [-0.4, -0.2) is 23.7 Å². The summed E-state index contributed by atoms with van der Waals surface area (Å²) in [5.41, 5.74) is 7.85. The molecule has 0 amide bonds. The third kappa shape index (κ3) is 1.45. The second kappa shape index (κ2) is 3.35. The number of carbonyl (C=O) groups excluding carboxylic acids is 1. The Morgan fingerprint density at radius 1 is 1.56 bits per heavy atom. The summed E-state index contributed by atoms with van der Waals surface area (Å²) >= 11 is 0. The smallest absolute Gasteiger partial charge is 0.354 e. The van der Waals surface area contributed by atoms with Gasteiger partial charge in [-0.25, -0.2) is 4.79 Å². The molecule has 1 aliphatic carbocycles. The van der Waals surface area contributed by atoms with E-state index in [2.05, 4.69) is 13.8 Å². The number of ether oxygens (including phenoxy) is 1. The predicted molar refractivity (Wildman–Crippen MR) is 61.2 cm³/mol. The van der Waals surface area contributed by atoms with Crippen molar-refractivity contribution in [3.63, 3.8) is 0 Å². The average molecular weight is 222 g/mol. The van der Waals surface area contributed by atoms with Crippen molar-refractivity contribution in [3.05, 3.63) is 23.5 Å². The molecule has 0 unspecified atom stereocenters. The molecule has 88 valence electrons. The number of nitrogens with two attached hydrogens (primary N) is 1. The second-order valence-electron chi connectivity index (χ2n) is 5.09. The molecule has 0 aromatic carbocycles. The monoisotopic (exact) mass is 222 g/mol. The highest BCUT2D eigenvalue weighted by Crippen LogP contribution is 2.57. The minimum absolute atomic E-state index is 0.134. The van der Waals surface area contributed by atoms with E-state index >= 15 is 0 Å². The van der Waals surface area contributed by atoms with Crippen LogP contribution < -0.4 is 5.73 Å². The van der Waals surface area contributed by atoms with E-state index < -0.39 is 0 Å². The van der Waals surface area contributed by atoms with Gasteiger partial charge in [-0.15, -0.1) is 0 Å². The van der Waals surface area contributed by atoms with Gasteiger partial charge in [-0.3, -0.25) is 0 Å². The van der Waals surface area contributed by atoms with Gasteiger partial charge in [-0.2, -0.15) is 0 Å². The predicted octanol–water partition coefficient (Wildman–Crippen LogP) is 1.26. The van der Waals surface area contributed by atoms with Crippen molar-refractivity contribution in [3.8, 4) is 0 Å². The van der Waals surface area contributed by atoms with Crippen molar-refractivity contribution in [2.45, 2.75) is 25.8 Å². The first-order valence-electron chi connectivity index (χ1n) is 5.39. The van der Waals surface area contributed by atoms with E-state index in [1.807, 2.05) is 19.3 Å². The molecule has 0 bridgehead atoms. The van der Waals surface area contributed by atoms with Crippen LogP contribution >= 0.6 is 0 Å². The molecule has 0 saturated heterocycles. The average Bonchev–Trinajstić information content (AvgIpc) is 2.59. The molecule has 0 aliphatic heterocycles. The number of aryl methyl sites for hydroxylation is 1. The molecule has 0 radical (unpaired) electrons. The largest absolute Gasteiger partial charge is 0.464 e. The van der Waals surface area contributed by atoms with Crippen molar-refractivity contribution in [2.75, 3.05) is 7.11 Å². The fourth-order valence-corrected chi connectivity index (χ4v) is 2.38. The Morgan fingerprint density at radius 2 is 2.12 bits per heavy atom. The zero-order valence-electron chi connectivity index (χ0n) is 10.2. The standard InChI is InChI=1S/C12H18N2O2/c1-12(2)9(10(12)13)7-5-8(11(15)16-4)14(3)6-7/h5-6,9-10H,13H2,1-4H3/t9-,10-/m1/s1. The van der Waals surface area contributed by atoms with Crippen LogP contribution in [0.15, 0.2) is 12.3 Å². The molecule has 1 heterocycles. The van der Waals surface area contributed by atoms with E-state index in [-0.39, 0.29) is 17.4 Å². The van der Waals surface area contributed by atoms with Crippen molar-refractivity contribution < 1.29 is 9.53 Å². The summed E-state index contributed by atoms with van der Waals surface area (Å²) in [4.78, 5) is 11.5. The minimum atomic E-state index is -0.305. The van der Waals surface area contributed by atoms with Gasteiger partial charge in [-0.05, 0) is 17.0 Å². The lowest BCUT2D eigenvalue weighted by Crippen LogP contribution is -2.06. The maximum atomic E-state index is 11.5. The summed E-state index contributed by atoms with van der Waals surface area (Å²) in [5, 5.41) is 0. The van der Waals surface area contributed by atoms with Gasteiger partial charge in [0, 0.05) is 25.2 Å². The third-order valence-corrected chi connectivity index (χ3v) is 3.69.